The average molecular weight is 400 g/mol. The number of fused-ring (bicyclic) bond motifs is 1. The van der Waals surface area contributed by atoms with Gasteiger partial charge in [-0.2, -0.15) is 5.26 Å². The summed E-state index contributed by atoms with van der Waals surface area (Å²) in [5, 5.41) is 8.81. The molecule has 3 rings (SSSR count). The Morgan fingerprint density at radius 2 is 2.18 bits per heavy atom. The fourth-order valence-corrected chi connectivity index (χ4v) is 4.40. The molecule has 1 aliphatic carbocycles. The first-order valence-electron chi connectivity index (χ1n) is 9.20. The van der Waals surface area contributed by atoms with Crippen LogP contribution in [0.2, 0.25) is 0 Å². The molecule has 1 amide bonds. The molecule has 0 radical (unpaired) electrons. The smallest absolute Gasteiger partial charge is 0.348 e. The van der Waals surface area contributed by atoms with Crippen LogP contribution in [0.15, 0.2) is 30.3 Å². The van der Waals surface area contributed by atoms with Crippen LogP contribution >= 0.6 is 11.3 Å². The van der Waals surface area contributed by atoms with E-state index in [-0.39, 0.29) is 18.7 Å². The Kier molecular flexibility index (Phi) is 6.42. The molecule has 28 heavy (non-hydrogen) atoms. The summed E-state index contributed by atoms with van der Waals surface area (Å²) >= 11 is 1.42. The van der Waals surface area contributed by atoms with Gasteiger partial charge in [0.2, 0.25) is 0 Å². The second kappa shape index (κ2) is 8.98. The number of para-hydroxylation sites is 1. The molecule has 0 bridgehead atoms. The Balaban J connectivity index is 1.66. The zero-order chi connectivity index (χ0) is 20.1. The SMILES string of the molecule is C[C@H]1CCc2sc(C(=O)OCC(=O)N(CCC#N)c3ccccc3F)cc2C1. The molecule has 0 aliphatic heterocycles. The van der Waals surface area contributed by atoms with Crippen molar-refractivity contribution < 1.29 is 18.7 Å². The number of rotatable bonds is 6. The van der Waals surface area contributed by atoms with Gasteiger partial charge in [-0.25, -0.2) is 9.18 Å². The fourth-order valence-electron chi connectivity index (χ4n) is 3.29. The topological polar surface area (TPSA) is 70.4 Å². The van der Waals surface area contributed by atoms with Crippen molar-refractivity contribution in [2.45, 2.75) is 32.6 Å². The van der Waals surface area contributed by atoms with Crippen LogP contribution in [0.4, 0.5) is 10.1 Å². The minimum Gasteiger partial charge on any atom is -0.451 e. The highest BCUT2D eigenvalue weighted by atomic mass is 32.1. The van der Waals surface area contributed by atoms with Crippen LogP contribution in [-0.2, 0) is 22.4 Å². The van der Waals surface area contributed by atoms with Crippen molar-refractivity contribution in [2.24, 2.45) is 5.92 Å². The quantitative estimate of drug-likeness (QED) is 0.684. The Morgan fingerprint density at radius 3 is 2.93 bits per heavy atom. The van der Waals surface area contributed by atoms with Gasteiger partial charge in [-0.15, -0.1) is 11.3 Å². The number of carbonyl (C=O) groups excluding carboxylic acids is 2. The van der Waals surface area contributed by atoms with Gasteiger partial charge < -0.3 is 9.64 Å². The summed E-state index contributed by atoms with van der Waals surface area (Å²) in [6, 6.07) is 9.62. The number of hydrogen-bond donors (Lipinski definition) is 0. The molecule has 0 spiro atoms. The maximum absolute atomic E-state index is 14.1. The molecule has 1 atom stereocenters. The van der Waals surface area contributed by atoms with Crippen molar-refractivity contribution in [1.29, 1.82) is 5.26 Å². The molecule has 0 fully saturated rings. The molecule has 1 heterocycles. The van der Waals surface area contributed by atoms with Crippen LogP contribution in [-0.4, -0.2) is 25.0 Å². The Morgan fingerprint density at radius 1 is 1.39 bits per heavy atom. The van der Waals surface area contributed by atoms with Crippen LogP contribution in [0.25, 0.3) is 0 Å². The largest absolute Gasteiger partial charge is 0.451 e. The molecule has 0 saturated carbocycles. The van der Waals surface area contributed by atoms with Crippen LogP contribution < -0.4 is 4.90 Å². The molecule has 146 valence electrons. The summed E-state index contributed by atoms with van der Waals surface area (Å²) < 4.78 is 19.3. The minimum absolute atomic E-state index is 0.0268. The van der Waals surface area contributed by atoms with Crippen LogP contribution in [0.3, 0.4) is 0 Å². The van der Waals surface area contributed by atoms with E-state index in [1.165, 1.54) is 40.0 Å². The number of halogens is 1. The van der Waals surface area contributed by atoms with E-state index in [1.807, 2.05) is 12.1 Å². The summed E-state index contributed by atoms with van der Waals surface area (Å²) in [4.78, 5) is 27.8. The van der Waals surface area contributed by atoms with Gasteiger partial charge in [-0.1, -0.05) is 19.1 Å². The predicted molar refractivity (Wildman–Crippen MR) is 105 cm³/mol. The van der Waals surface area contributed by atoms with Gasteiger partial charge in [0.1, 0.15) is 10.7 Å². The lowest BCUT2D eigenvalue weighted by molar-refractivity contribution is -0.121. The second-order valence-electron chi connectivity index (χ2n) is 6.89. The fraction of sp³-hybridized carbons (Fsp3) is 0.381. The number of benzene rings is 1. The third-order valence-electron chi connectivity index (χ3n) is 4.75. The number of hydrogen-bond acceptors (Lipinski definition) is 5. The predicted octanol–water partition coefficient (Wildman–Crippen LogP) is 4.12. The maximum atomic E-state index is 14.1. The van der Waals surface area contributed by atoms with Crippen LogP contribution in [0.5, 0.6) is 0 Å². The molecule has 0 unspecified atom stereocenters. The van der Waals surface area contributed by atoms with Gasteiger partial charge in [0.25, 0.3) is 5.91 Å². The molecule has 5 nitrogen and oxygen atoms in total. The van der Waals surface area contributed by atoms with Gasteiger partial charge in [-0.3, -0.25) is 4.79 Å². The van der Waals surface area contributed by atoms with E-state index in [0.29, 0.717) is 10.8 Å². The summed E-state index contributed by atoms with van der Waals surface area (Å²) in [5.41, 5.74) is 1.25. The average Bonchev–Trinajstić information content (AvgIpc) is 3.11. The Hall–Kier alpha value is -2.72. The zero-order valence-electron chi connectivity index (χ0n) is 15.6. The van der Waals surface area contributed by atoms with Gasteiger partial charge >= 0.3 is 5.97 Å². The number of ether oxygens (including phenoxy) is 1. The zero-order valence-corrected chi connectivity index (χ0v) is 16.4. The monoisotopic (exact) mass is 400 g/mol. The standard InChI is InChI=1S/C21H21FN2O3S/c1-14-7-8-18-15(11-14)12-19(28-18)21(26)27-13-20(25)24(10-4-9-23)17-6-3-2-5-16(17)22/h2-3,5-6,12,14H,4,7-8,10-11,13H2,1H3/t14-/m0/s1. The van der Waals surface area contributed by atoms with Crippen molar-refractivity contribution in [2.75, 3.05) is 18.1 Å². The molecule has 0 saturated heterocycles. The van der Waals surface area contributed by atoms with Gasteiger partial charge in [-0.05, 0) is 48.9 Å². The number of nitrogens with zero attached hydrogens (tertiary/aromatic N) is 2. The number of nitriles is 1. The number of carbonyl (C=O) groups is 2. The van der Waals surface area contributed by atoms with Crippen LogP contribution in [0, 0.1) is 23.1 Å². The molecule has 1 aromatic heterocycles. The molecule has 1 aliphatic rings. The third kappa shape index (κ3) is 4.57. The van der Waals surface area contributed by atoms with E-state index in [4.69, 9.17) is 10.00 Å². The first kappa shape index (κ1) is 20.0. The van der Waals surface area contributed by atoms with E-state index >= 15 is 0 Å². The summed E-state index contributed by atoms with van der Waals surface area (Å²) in [5.74, 6) is -1.08. The molecule has 1 aromatic carbocycles. The van der Waals surface area contributed by atoms with Crippen molar-refractivity contribution >= 4 is 28.9 Å². The molecular formula is C21H21FN2O3S. The molecular weight excluding hydrogens is 379 g/mol. The second-order valence-corrected chi connectivity index (χ2v) is 8.02. The third-order valence-corrected chi connectivity index (χ3v) is 5.97. The number of aryl methyl sites for hydroxylation is 1. The normalized spacial score (nSPS) is 15.4. The summed E-state index contributed by atoms with van der Waals surface area (Å²) in [6.07, 6.45) is 3.07. The highest BCUT2D eigenvalue weighted by Crippen LogP contribution is 2.32. The molecule has 7 heteroatoms. The van der Waals surface area contributed by atoms with Gasteiger partial charge in [0.15, 0.2) is 6.61 Å². The van der Waals surface area contributed by atoms with Gasteiger partial charge in [0.05, 0.1) is 18.2 Å². The lowest BCUT2D eigenvalue weighted by Gasteiger charge is -2.22. The Labute approximate surface area is 167 Å². The Bertz CT molecular complexity index is 919. The first-order valence-corrected chi connectivity index (χ1v) is 10.0. The number of amides is 1. The number of esters is 1. The van der Waals surface area contributed by atoms with Crippen molar-refractivity contribution in [1.82, 2.24) is 0 Å². The minimum atomic E-state index is -0.569. The van der Waals surface area contributed by atoms with Crippen molar-refractivity contribution in [3.05, 3.63) is 51.5 Å². The van der Waals surface area contributed by atoms with Gasteiger partial charge in [0, 0.05) is 11.4 Å². The van der Waals surface area contributed by atoms with Crippen LogP contribution in [0.1, 0.15) is 39.9 Å². The first-order chi connectivity index (χ1) is 13.5. The van der Waals surface area contributed by atoms with E-state index in [0.717, 1.165) is 24.2 Å². The molecule has 2 aromatic rings. The number of anilines is 1. The van der Waals surface area contributed by atoms with Crippen molar-refractivity contribution in [3.63, 3.8) is 0 Å². The van der Waals surface area contributed by atoms with E-state index in [9.17, 15) is 14.0 Å². The van der Waals surface area contributed by atoms with E-state index < -0.39 is 24.3 Å². The van der Waals surface area contributed by atoms with E-state index in [2.05, 4.69) is 6.92 Å². The maximum Gasteiger partial charge on any atom is 0.348 e. The molecule has 0 N–H and O–H groups in total. The van der Waals surface area contributed by atoms with E-state index in [1.54, 1.807) is 6.07 Å². The lowest BCUT2D eigenvalue weighted by Crippen LogP contribution is -2.36. The van der Waals surface area contributed by atoms with Crippen molar-refractivity contribution in [3.8, 4) is 6.07 Å². The summed E-state index contributed by atoms with van der Waals surface area (Å²) in [7, 11) is 0. The highest BCUT2D eigenvalue weighted by molar-refractivity contribution is 7.14. The lowest BCUT2D eigenvalue weighted by atomic mass is 9.90. The number of thiophene rings is 1. The summed E-state index contributed by atoms with van der Waals surface area (Å²) in [6.45, 7) is 1.71. The highest BCUT2D eigenvalue weighted by Gasteiger charge is 2.24.